The van der Waals surface area contributed by atoms with Crippen LogP contribution in [0.3, 0.4) is 0 Å². The third-order valence-corrected chi connectivity index (χ3v) is 5.22. The van der Waals surface area contributed by atoms with Gasteiger partial charge in [-0.25, -0.2) is 0 Å². The number of nitrogens with zero attached hydrogens (tertiary/aromatic N) is 1. The second-order valence-electron chi connectivity index (χ2n) is 8.08. The minimum Gasteiger partial charge on any atom is -0.459 e. The largest absolute Gasteiger partial charge is 0.459 e. The number of hydrogen-bond acceptors (Lipinski definition) is 5. The number of ether oxygens (including phenoxy) is 3. The summed E-state index contributed by atoms with van der Waals surface area (Å²) in [4.78, 5) is 13.5. The van der Waals surface area contributed by atoms with Crippen LogP contribution in [0.5, 0.6) is 0 Å². The van der Waals surface area contributed by atoms with E-state index in [2.05, 4.69) is 4.74 Å². The van der Waals surface area contributed by atoms with E-state index >= 15 is 0 Å². The molecule has 5 nitrogen and oxygen atoms in total. The van der Waals surface area contributed by atoms with Gasteiger partial charge in [0.2, 0.25) is 0 Å². The number of carbonyl (C=O) groups is 1. The van der Waals surface area contributed by atoms with Crippen LogP contribution in [0.2, 0.25) is 0 Å². The zero-order chi connectivity index (χ0) is 28.2. The molecule has 1 rings (SSSR count). The number of rotatable bonds is 11. The first-order valence-electron chi connectivity index (χ1n) is 10.1. The van der Waals surface area contributed by atoms with E-state index in [4.69, 9.17) is 9.47 Å². The highest BCUT2D eigenvalue weighted by Gasteiger charge is 2.74. The molecule has 1 saturated heterocycles. The number of morpholine rings is 1. The van der Waals surface area contributed by atoms with Crippen molar-refractivity contribution in [3.8, 4) is 0 Å². The lowest BCUT2D eigenvalue weighted by atomic mass is 9.89. The van der Waals surface area contributed by atoms with Gasteiger partial charge in [-0.15, -0.1) is 0 Å². The minimum absolute atomic E-state index is 0.0352. The van der Waals surface area contributed by atoms with E-state index in [0.29, 0.717) is 26.3 Å². The fourth-order valence-electron chi connectivity index (χ4n) is 2.85. The molecule has 1 atom stereocenters. The molecular formula is C18H22F13NO4. The van der Waals surface area contributed by atoms with Crippen LogP contribution in [0.15, 0.2) is 0 Å². The monoisotopic (exact) mass is 563 g/mol. The maximum Gasteiger partial charge on any atom is 0.413 e. The summed E-state index contributed by atoms with van der Waals surface area (Å²) in [6.45, 7) is -1.11. The SMILES string of the molecule is CC(C(=O)OC(COCCN1CCOCC1)CC(F)(F)C(F)(F)CC(F)(F)F)(C(F)(F)F)C(F)(F)F. The van der Waals surface area contributed by atoms with E-state index in [-0.39, 0.29) is 6.54 Å². The van der Waals surface area contributed by atoms with Crippen LogP contribution in [0.1, 0.15) is 19.8 Å². The van der Waals surface area contributed by atoms with Crippen LogP contribution in [-0.2, 0) is 19.0 Å². The molecule has 0 N–H and O–H groups in total. The highest BCUT2D eigenvalue weighted by Crippen LogP contribution is 2.51. The van der Waals surface area contributed by atoms with Gasteiger partial charge in [0, 0.05) is 19.6 Å². The molecule has 0 amide bonds. The van der Waals surface area contributed by atoms with Crippen molar-refractivity contribution in [2.24, 2.45) is 5.41 Å². The topological polar surface area (TPSA) is 48.0 Å². The minimum atomic E-state index is -6.35. The van der Waals surface area contributed by atoms with Gasteiger partial charge >= 0.3 is 36.3 Å². The lowest BCUT2D eigenvalue weighted by Crippen LogP contribution is -2.55. The van der Waals surface area contributed by atoms with E-state index in [0.717, 1.165) is 0 Å². The Morgan fingerprint density at radius 3 is 1.81 bits per heavy atom. The van der Waals surface area contributed by atoms with Crippen LogP contribution < -0.4 is 0 Å². The van der Waals surface area contributed by atoms with Crippen LogP contribution in [-0.4, -0.2) is 93.4 Å². The Kier molecular flexibility index (Phi) is 10.3. The van der Waals surface area contributed by atoms with Crippen molar-refractivity contribution in [3.63, 3.8) is 0 Å². The van der Waals surface area contributed by atoms with E-state index in [1.165, 1.54) is 0 Å². The quantitative estimate of drug-likeness (QED) is 0.202. The maximum absolute atomic E-state index is 14.0. The van der Waals surface area contributed by atoms with E-state index < -0.39 is 80.8 Å². The Morgan fingerprint density at radius 2 is 1.36 bits per heavy atom. The summed E-state index contributed by atoms with van der Waals surface area (Å²) in [5.41, 5.74) is -5.25. The van der Waals surface area contributed by atoms with Gasteiger partial charge in [0.15, 0.2) is 0 Å². The highest BCUT2D eigenvalue weighted by atomic mass is 19.4. The molecular weight excluding hydrogens is 541 g/mol. The van der Waals surface area contributed by atoms with Gasteiger partial charge in [-0.3, -0.25) is 9.69 Å². The molecule has 0 aromatic heterocycles. The molecule has 0 aromatic rings. The first-order valence-corrected chi connectivity index (χ1v) is 10.1. The predicted molar refractivity (Wildman–Crippen MR) is 93.4 cm³/mol. The average molecular weight is 563 g/mol. The Labute approximate surface area is 195 Å². The third kappa shape index (κ3) is 8.49. The van der Waals surface area contributed by atoms with Crippen LogP contribution in [0.25, 0.3) is 0 Å². The lowest BCUT2D eigenvalue weighted by molar-refractivity contribution is -0.329. The fourth-order valence-corrected chi connectivity index (χ4v) is 2.85. The van der Waals surface area contributed by atoms with Crippen molar-refractivity contribution in [1.82, 2.24) is 4.90 Å². The molecule has 18 heteroatoms. The Balaban J connectivity index is 3.09. The molecule has 0 aromatic carbocycles. The van der Waals surface area contributed by atoms with Gasteiger partial charge in [0.25, 0.3) is 5.41 Å². The summed E-state index contributed by atoms with van der Waals surface area (Å²) in [6, 6.07) is 0. The molecule has 0 saturated carbocycles. The molecule has 1 fully saturated rings. The lowest BCUT2D eigenvalue weighted by Gasteiger charge is -2.34. The molecule has 36 heavy (non-hydrogen) atoms. The van der Waals surface area contributed by atoms with E-state index in [1.54, 1.807) is 4.90 Å². The molecule has 0 radical (unpaired) electrons. The molecule has 1 heterocycles. The summed E-state index contributed by atoms with van der Waals surface area (Å²) >= 11 is 0. The number of halogens is 13. The fraction of sp³-hybridized carbons (Fsp3) is 0.944. The maximum atomic E-state index is 14.0. The molecule has 214 valence electrons. The van der Waals surface area contributed by atoms with Crippen LogP contribution >= 0.6 is 0 Å². The highest BCUT2D eigenvalue weighted by molar-refractivity contribution is 5.78. The van der Waals surface area contributed by atoms with Gasteiger partial charge < -0.3 is 14.2 Å². The van der Waals surface area contributed by atoms with E-state index in [9.17, 15) is 61.9 Å². The third-order valence-electron chi connectivity index (χ3n) is 5.22. The van der Waals surface area contributed by atoms with Crippen molar-refractivity contribution in [3.05, 3.63) is 0 Å². The van der Waals surface area contributed by atoms with Crippen molar-refractivity contribution in [1.29, 1.82) is 0 Å². The van der Waals surface area contributed by atoms with Crippen molar-refractivity contribution in [2.45, 2.75) is 56.2 Å². The van der Waals surface area contributed by atoms with Gasteiger partial charge in [-0.2, -0.15) is 57.1 Å². The number of esters is 1. The first kappa shape index (κ1) is 32.5. The second kappa shape index (κ2) is 11.4. The molecule has 1 unspecified atom stereocenters. The van der Waals surface area contributed by atoms with Crippen molar-refractivity contribution < 1.29 is 76.1 Å². The summed E-state index contributed by atoms with van der Waals surface area (Å²) in [7, 11) is 0. The molecule has 1 aliphatic rings. The summed E-state index contributed by atoms with van der Waals surface area (Å²) in [5.74, 6) is -14.7. The first-order chi connectivity index (χ1) is 16.0. The Morgan fingerprint density at radius 1 is 0.861 bits per heavy atom. The van der Waals surface area contributed by atoms with Gasteiger partial charge in [0.1, 0.15) is 12.5 Å². The summed E-state index contributed by atoms with van der Waals surface area (Å²) < 4.78 is 184. The normalized spacial score (nSPS) is 18.3. The summed E-state index contributed by atoms with van der Waals surface area (Å²) in [6.07, 6.45) is -27.3. The average Bonchev–Trinajstić information content (AvgIpc) is 2.67. The predicted octanol–water partition coefficient (Wildman–Crippen LogP) is 4.99. The van der Waals surface area contributed by atoms with E-state index in [1.807, 2.05) is 0 Å². The molecule has 0 spiro atoms. The standard InChI is InChI=1S/C18H22F13NO4/c1-13(17(26,27)28,18(29,30)31)12(33)36-11(9-35-7-4-32-2-5-34-6-3-32)8-14(19,20)15(21,22)10-16(23,24)25/h11H,2-10H2,1H3. The van der Waals surface area contributed by atoms with Gasteiger partial charge in [-0.1, -0.05) is 0 Å². The van der Waals surface area contributed by atoms with Crippen molar-refractivity contribution >= 4 is 5.97 Å². The summed E-state index contributed by atoms with van der Waals surface area (Å²) in [5, 5.41) is 0. The Bertz CT molecular complexity index is 701. The van der Waals surface area contributed by atoms with Gasteiger partial charge in [-0.05, 0) is 6.92 Å². The Hall–Kier alpha value is -1.56. The smallest absolute Gasteiger partial charge is 0.413 e. The molecule has 0 aliphatic carbocycles. The zero-order valence-corrected chi connectivity index (χ0v) is 18.4. The number of alkyl halides is 13. The number of carbonyl (C=O) groups excluding carboxylic acids is 1. The van der Waals surface area contributed by atoms with Crippen LogP contribution in [0.4, 0.5) is 57.1 Å². The number of hydrogen-bond donors (Lipinski definition) is 0. The molecule has 1 aliphatic heterocycles. The second-order valence-corrected chi connectivity index (χ2v) is 8.08. The zero-order valence-electron chi connectivity index (χ0n) is 18.4. The van der Waals surface area contributed by atoms with Gasteiger partial charge in [0.05, 0.1) is 32.8 Å². The van der Waals surface area contributed by atoms with Crippen LogP contribution in [0, 0.1) is 5.41 Å². The molecule has 0 bridgehead atoms. The van der Waals surface area contributed by atoms with Crippen molar-refractivity contribution in [2.75, 3.05) is 46.1 Å².